The number of ether oxygens (including phenoxy) is 1. The number of amides is 2. The molecular formula is C23H28N2O3. The number of methoxy groups -OCH3 is 1. The van der Waals surface area contributed by atoms with Crippen LogP contribution >= 0.6 is 0 Å². The first-order valence-electron chi connectivity index (χ1n) is 9.84. The second kappa shape index (κ2) is 8.91. The van der Waals surface area contributed by atoms with Crippen molar-refractivity contribution in [2.75, 3.05) is 13.7 Å². The maximum Gasteiger partial charge on any atom is 0.251 e. The first-order chi connectivity index (χ1) is 13.5. The van der Waals surface area contributed by atoms with Crippen LogP contribution in [0.15, 0.2) is 42.5 Å². The van der Waals surface area contributed by atoms with E-state index in [4.69, 9.17) is 4.74 Å². The highest BCUT2D eigenvalue weighted by atomic mass is 16.5. The molecule has 1 fully saturated rings. The first kappa shape index (κ1) is 19.9. The van der Waals surface area contributed by atoms with Crippen LogP contribution in [-0.2, 0) is 11.3 Å². The molecule has 2 amide bonds. The highest BCUT2D eigenvalue weighted by molar-refractivity contribution is 5.94. The third-order valence-electron chi connectivity index (χ3n) is 5.30. The number of hydrogen-bond acceptors (Lipinski definition) is 3. The summed E-state index contributed by atoms with van der Waals surface area (Å²) < 4.78 is 5.32. The molecule has 148 valence electrons. The van der Waals surface area contributed by atoms with Gasteiger partial charge in [0.1, 0.15) is 5.75 Å². The summed E-state index contributed by atoms with van der Waals surface area (Å²) >= 11 is 0. The molecule has 1 N–H and O–H groups in total. The van der Waals surface area contributed by atoms with Crippen LogP contribution < -0.4 is 10.1 Å². The lowest BCUT2D eigenvalue weighted by Crippen LogP contribution is -2.28. The summed E-state index contributed by atoms with van der Waals surface area (Å²) in [6, 6.07) is 13.5. The zero-order valence-electron chi connectivity index (χ0n) is 16.8. The molecule has 1 saturated heterocycles. The summed E-state index contributed by atoms with van der Waals surface area (Å²) in [5.74, 6) is 0.962. The van der Waals surface area contributed by atoms with Gasteiger partial charge in [-0.3, -0.25) is 9.59 Å². The molecule has 0 saturated carbocycles. The van der Waals surface area contributed by atoms with Crippen LogP contribution in [0.5, 0.6) is 5.75 Å². The van der Waals surface area contributed by atoms with E-state index in [1.807, 2.05) is 48.2 Å². The van der Waals surface area contributed by atoms with E-state index in [0.29, 0.717) is 18.5 Å². The van der Waals surface area contributed by atoms with Gasteiger partial charge in [0.2, 0.25) is 5.91 Å². The van der Waals surface area contributed by atoms with E-state index in [2.05, 4.69) is 18.3 Å². The van der Waals surface area contributed by atoms with Crippen molar-refractivity contribution in [2.45, 2.75) is 45.7 Å². The van der Waals surface area contributed by atoms with E-state index in [-0.39, 0.29) is 17.9 Å². The lowest BCUT2D eigenvalue weighted by molar-refractivity contribution is -0.128. The van der Waals surface area contributed by atoms with Crippen molar-refractivity contribution in [1.29, 1.82) is 0 Å². The summed E-state index contributed by atoms with van der Waals surface area (Å²) in [7, 11) is 1.66. The summed E-state index contributed by atoms with van der Waals surface area (Å²) in [5.41, 5.74) is 3.79. The van der Waals surface area contributed by atoms with Gasteiger partial charge in [-0.05, 0) is 54.7 Å². The third kappa shape index (κ3) is 4.53. The van der Waals surface area contributed by atoms with E-state index in [9.17, 15) is 9.59 Å². The number of benzene rings is 2. The molecular weight excluding hydrogens is 352 g/mol. The van der Waals surface area contributed by atoms with Crippen molar-refractivity contribution in [3.05, 3.63) is 64.7 Å². The molecule has 1 aliphatic rings. The van der Waals surface area contributed by atoms with Crippen LogP contribution in [0, 0.1) is 6.92 Å². The number of carbonyl (C=O) groups excluding carboxylic acids is 2. The number of aryl methyl sites for hydroxylation is 1. The molecule has 2 aromatic carbocycles. The number of nitrogens with one attached hydrogen (secondary N) is 1. The largest absolute Gasteiger partial charge is 0.496 e. The molecule has 0 spiro atoms. The van der Waals surface area contributed by atoms with Gasteiger partial charge in [-0.2, -0.15) is 0 Å². The fraction of sp³-hybridized carbons (Fsp3) is 0.391. The Hall–Kier alpha value is -2.82. The third-order valence-corrected chi connectivity index (χ3v) is 5.30. The van der Waals surface area contributed by atoms with Crippen molar-refractivity contribution in [2.24, 2.45) is 0 Å². The summed E-state index contributed by atoms with van der Waals surface area (Å²) in [6.07, 6.45) is 2.37. The van der Waals surface area contributed by atoms with E-state index in [1.54, 1.807) is 7.11 Å². The molecule has 0 aromatic heterocycles. The Morgan fingerprint density at radius 1 is 1.21 bits per heavy atom. The Kier molecular flexibility index (Phi) is 6.34. The van der Waals surface area contributed by atoms with Crippen molar-refractivity contribution < 1.29 is 14.3 Å². The van der Waals surface area contributed by atoms with Gasteiger partial charge in [-0.1, -0.05) is 31.2 Å². The molecule has 0 aliphatic carbocycles. The molecule has 5 nitrogen and oxygen atoms in total. The van der Waals surface area contributed by atoms with Gasteiger partial charge in [0.25, 0.3) is 5.91 Å². The van der Waals surface area contributed by atoms with Crippen molar-refractivity contribution in [3.8, 4) is 5.75 Å². The molecule has 1 atom stereocenters. The maximum atomic E-state index is 12.7. The fourth-order valence-corrected chi connectivity index (χ4v) is 3.63. The van der Waals surface area contributed by atoms with E-state index < -0.39 is 0 Å². The summed E-state index contributed by atoms with van der Waals surface area (Å²) in [6.45, 7) is 5.49. The summed E-state index contributed by atoms with van der Waals surface area (Å²) in [5, 5.41) is 3.12. The monoisotopic (exact) mass is 380 g/mol. The lowest BCUT2D eigenvalue weighted by Gasteiger charge is -2.19. The second-order valence-corrected chi connectivity index (χ2v) is 7.28. The minimum absolute atomic E-state index is 0.0565. The fourth-order valence-electron chi connectivity index (χ4n) is 3.63. The van der Waals surface area contributed by atoms with Crippen molar-refractivity contribution >= 4 is 11.8 Å². The van der Waals surface area contributed by atoms with Crippen LogP contribution in [0.4, 0.5) is 0 Å². The number of carbonyl (C=O) groups is 2. The second-order valence-electron chi connectivity index (χ2n) is 7.28. The van der Waals surface area contributed by atoms with Gasteiger partial charge in [0, 0.05) is 25.1 Å². The van der Waals surface area contributed by atoms with Gasteiger partial charge < -0.3 is 15.0 Å². The Bertz CT molecular complexity index is 845. The Morgan fingerprint density at radius 3 is 2.54 bits per heavy atom. The first-order valence-corrected chi connectivity index (χ1v) is 9.84. The Morgan fingerprint density at radius 2 is 1.96 bits per heavy atom. The van der Waals surface area contributed by atoms with Gasteiger partial charge >= 0.3 is 0 Å². The van der Waals surface area contributed by atoms with Gasteiger partial charge in [0.05, 0.1) is 13.2 Å². The summed E-state index contributed by atoms with van der Waals surface area (Å²) in [4.78, 5) is 26.3. The van der Waals surface area contributed by atoms with Crippen LogP contribution in [0.3, 0.4) is 0 Å². The quantitative estimate of drug-likeness (QED) is 0.790. The van der Waals surface area contributed by atoms with E-state index in [1.165, 1.54) is 0 Å². The maximum absolute atomic E-state index is 12.7. The average molecular weight is 380 g/mol. The van der Waals surface area contributed by atoms with Crippen LogP contribution in [0.2, 0.25) is 0 Å². The number of rotatable bonds is 7. The Balaban J connectivity index is 1.65. The van der Waals surface area contributed by atoms with Crippen LogP contribution in [-0.4, -0.2) is 30.4 Å². The molecule has 0 radical (unpaired) electrons. The minimum Gasteiger partial charge on any atom is -0.496 e. The SMILES string of the molecule is CCC(NC(=O)c1ccc(CN2CCCC2=O)cc1)c1ccc(OC)c(C)c1. The predicted molar refractivity (Wildman–Crippen MR) is 109 cm³/mol. The highest BCUT2D eigenvalue weighted by Crippen LogP contribution is 2.24. The molecule has 5 heteroatoms. The van der Waals surface area contributed by atoms with Crippen LogP contribution in [0.25, 0.3) is 0 Å². The molecule has 3 rings (SSSR count). The Labute approximate surface area is 166 Å². The predicted octanol–water partition coefficient (Wildman–Crippen LogP) is 4.01. The van der Waals surface area contributed by atoms with Gasteiger partial charge in [-0.15, -0.1) is 0 Å². The molecule has 0 bridgehead atoms. The standard InChI is InChI=1S/C23H28N2O3/c1-4-20(19-11-12-21(28-3)16(2)14-19)24-23(27)18-9-7-17(8-10-18)15-25-13-5-6-22(25)26/h7-12,14,20H,4-6,13,15H2,1-3H3,(H,24,27). The van der Waals surface area contributed by atoms with Crippen molar-refractivity contribution in [3.63, 3.8) is 0 Å². The minimum atomic E-state index is -0.0934. The van der Waals surface area contributed by atoms with Gasteiger partial charge in [-0.25, -0.2) is 0 Å². The highest BCUT2D eigenvalue weighted by Gasteiger charge is 2.20. The zero-order chi connectivity index (χ0) is 20.1. The van der Waals surface area contributed by atoms with Gasteiger partial charge in [0.15, 0.2) is 0 Å². The number of hydrogen-bond donors (Lipinski definition) is 1. The molecule has 1 unspecified atom stereocenters. The zero-order valence-corrected chi connectivity index (χ0v) is 16.8. The topological polar surface area (TPSA) is 58.6 Å². The number of likely N-dealkylation sites (tertiary alicyclic amines) is 1. The van der Waals surface area contributed by atoms with E-state index in [0.717, 1.165) is 41.8 Å². The van der Waals surface area contributed by atoms with E-state index >= 15 is 0 Å². The molecule has 28 heavy (non-hydrogen) atoms. The average Bonchev–Trinajstić information content (AvgIpc) is 3.11. The molecule has 2 aromatic rings. The molecule has 1 heterocycles. The number of nitrogens with zero attached hydrogens (tertiary/aromatic N) is 1. The normalized spacial score (nSPS) is 14.8. The van der Waals surface area contributed by atoms with Crippen molar-refractivity contribution in [1.82, 2.24) is 10.2 Å². The lowest BCUT2D eigenvalue weighted by atomic mass is 10.0. The van der Waals surface area contributed by atoms with Crippen LogP contribution in [0.1, 0.15) is 59.3 Å². The smallest absolute Gasteiger partial charge is 0.251 e. The molecule has 1 aliphatic heterocycles.